The van der Waals surface area contributed by atoms with Crippen molar-refractivity contribution in [1.82, 2.24) is 15.3 Å². The van der Waals surface area contributed by atoms with Gasteiger partial charge >= 0.3 is 0 Å². The van der Waals surface area contributed by atoms with Crippen molar-refractivity contribution in [2.45, 2.75) is 136 Å². The van der Waals surface area contributed by atoms with Gasteiger partial charge in [-0.15, -0.1) is 6.58 Å². The van der Waals surface area contributed by atoms with Crippen LogP contribution in [0.15, 0.2) is 108 Å². The van der Waals surface area contributed by atoms with Crippen LogP contribution in [0.3, 0.4) is 0 Å². The Labute approximate surface area is 277 Å². The summed E-state index contributed by atoms with van der Waals surface area (Å²) in [6.45, 7) is 16.5. The van der Waals surface area contributed by atoms with Gasteiger partial charge in [0, 0.05) is 30.2 Å². The largest absolute Gasteiger partial charge is 0.345 e. The lowest BCUT2D eigenvalue weighted by Crippen LogP contribution is -2.46. The molecule has 0 radical (unpaired) electrons. The van der Waals surface area contributed by atoms with Gasteiger partial charge in [-0.25, -0.2) is 5.43 Å². The van der Waals surface area contributed by atoms with E-state index in [1.165, 1.54) is 88.3 Å². The van der Waals surface area contributed by atoms with Gasteiger partial charge in [-0.05, 0) is 146 Å². The second-order valence-electron chi connectivity index (χ2n) is 13.7. The van der Waals surface area contributed by atoms with Crippen LogP contribution in [0.2, 0.25) is 0 Å². The van der Waals surface area contributed by atoms with Gasteiger partial charge in [0.25, 0.3) is 0 Å². The average Bonchev–Trinajstić information content (AvgIpc) is 3.09. The van der Waals surface area contributed by atoms with Gasteiger partial charge in [0.15, 0.2) is 0 Å². The molecule has 0 aromatic carbocycles. The van der Waals surface area contributed by atoms with Crippen LogP contribution in [0.5, 0.6) is 0 Å². The number of rotatable bonds is 16. The van der Waals surface area contributed by atoms with Crippen molar-refractivity contribution < 1.29 is 0 Å². The van der Waals surface area contributed by atoms with E-state index in [1.807, 2.05) is 0 Å². The molecule has 4 aliphatic rings. The van der Waals surface area contributed by atoms with Crippen LogP contribution >= 0.6 is 0 Å². The molecule has 0 aliphatic heterocycles. The Morgan fingerprint density at radius 1 is 1.00 bits per heavy atom. The van der Waals surface area contributed by atoms with E-state index in [2.05, 4.69) is 110 Å². The molecule has 45 heavy (non-hydrogen) atoms. The first-order valence-electron chi connectivity index (χ1n) is 18.4. The van der Waals surface area contributed by atoms with Crippen molar-refractivity contribution in [2.24, 2.45) is 11.8 Å². The van der Waals surface area contributed by atoms with Crippen molar-refractivity contribution in [3.63, 3.8) is 0 Å². The Morgan fingerprint density at radius 3 is 2.44 bits per heavy atom. The first-order valence-corrected chi connectivity index (χ1v) is 18.4. The van der Waals surface area contributed by atoms with Crippen molar-refractivity contribution >= 4 is 0 Å². The number of allylic oxidation sites excluding steroid dienone is 10. The van der Waals surface area contributed by atoms with Crippen LogP contribution in [0.1, 0.15) is 124 Å². The van der Waals surface area contributed by atoms with Gasteiger partial charge in [-0.1, -0.05) is 73.8 Å². The lowest BCUT2D eigenvalue weighted by molar-refractivity contribution is 0.183. The fourth-order valence-corrected chi connectivity index (χ4v) is 7.36. The van der Waals surface area contributed by atoms with Crippen molar-refractivity contribution in [3.8, 4) is 0 Å². The number of nitrogens with one attached hydrogen (secondary N) is 1. The monoisotopic (exact) mass is 610 g/mol. The lowest BCUT2D eigenvalue weighted by atomic mass is 9.80. The molecule has 0 bridgehead atoms. The Bertz CT molecular complexity index is 1170. The molecule has 246 valence electrons. The molecule has 0 heterocycles. The Morgan fingerprint density at radius 2 is 1.82 bits per heavy atom. The first-order chi connectivity index (χ1) is 22.0. The molecule has 0 saturated heterocycles. The zero-order valence-electron chi connectivity index (χ0n) is 29.0. The molecule has 4 aliphatic carbocycles. The third-order valence-electron chi connectivity index (χ3n) is 10.4. The summed E-state index contributed by atoms with van der Waals surface area (Å²) in [4.78, 5) is 2.58. The summed E-state index contributed by atoms with van der Waals surface area (Å²) in [5.41, 5.74) is 11.2. The molecule has 3 heteroatoms. The summed E-state index contributed by atoms with van der Waals surface area (Å²) < 4.78 is 0. The zero-order chi connectivity index (χ0) is 31.9. The standard InChI is InChI=1S/C42H63N3/c1-6-9-23-39(8-3)45(41-24-17-12-18-25-41)43-32-36(7-2)29-28-35(5)44(40-30-26-34(4)27-31-40)33-42(37-19-13-10-14-20-37)38-21-15-11-16-22-38/h6,8-10,13,21,24,26,28-29,33,36-37,39-40,43H,3,5,7,11-12,14-20,22-23,25,27,30-32H2,1-2,4H3/b9-6-,29-28-,42-33+/t36-,37+,39-,40?/m0/s1. The van der Waals surface area contributed by atoms with Gasteiger partial charge in [-0.2, -0.15) is 0 Å². The molecule has 0 spiro atoms. The molecule has 4 rings (SSSR count). The van der Waals surface area contributed by atoms with E-state index in [0.717, 1.165) is 37.9 Å². The van der Waals surface area contributed by atoms with Gasteiger partial charge < -0.3 is 9.91 Å². The van der Waals surface area contributed by atoms with Crippen LogP contribution in [0.4, 0.5) is 0 Å². The zero-order valence-corrected chi connectivity index (χ0v) is 29.0. The van der Waals surface area contributed by atoms with Crippen molar-refractivity contribution in [3.05, 3.63) is 108 Å². The minimum Gasteiger partial charge on any atom is -0.345 e. The predicted octanol–water partition coefficient (Wildman–Crippen LogP) is 11.4. The minimum absolute atomic E-state index is 0.257. The lowest BCUT2D eigenvalue weighted by Gasteiger charge is -2.36. The summed E-state index contributed by atoms with van der Waals surface area (Å²) in [7, 11) is 0. The second-order valence-corrected chi connectivity index (χ2v) is 13.7. The van der Waals surface area contributed by atoms with Gasteiger partial charge in [0.05, 0.1) is 6.04 Å². The Balaban J connectivity index is 1.55. The molecule has 0 aromatic heterocycles. The van der Waals surface area contributed by atoms with E-state index in [9.17, 15) is 0 Å². The topological polar surface area (TPSA) is 18.5 Å². The summed E-state index contributed by atoms with van der Waals surface area (Å²) >= 11 is 0. The molecule has 3 nitrogen and oxygen atoms in total. The van der Waals surface area contributed by atoms with Gasteiger partial charge in [0.1, 0.15) is 0 Å². The fourth-order valence-electron chi connectivity index (χ4n) is 7.36. The summed E-state index contributed by atoms with van der Waals surface area (Å²) in [5, 5.41) is 2.42. The molecule has 0 amide bonds. The third kappa shape index (κ3) is 10.6. The van der Waals surface area contributed by atoms with Crippen LogP contribution < -0.4 is 5.43 Å². The number of hydrazine groups is 1. The third-order valence-corrected chi connectivity index (χ3v) is 10.4. The molecular formula is C42H63N3. The maximum atomic E-state index is 4.72. The normalized spacial score (nSPS) is 24.2. The van der Waals surface area contributed by atoms with E-state index in [0.29, 0.717) is 17.9 Å². The highest BCUT2D eigenvalue weighted by Crippen LogP contribution is 2.37. The smallest absolute Gasteiger partial charge is 0.0663 e. The van der Waals surface area contributed by atoms with Crippen LogP contribution in [-0.4, -0.2) is 28.5 Å². The average molecular weight is 610 g/mol. The van der Waals surface area contributed by atoms with E-state index < -0.39 is 0 Å². The number of nitrogens with zero attached hydrogens (tertiary/aromatic N) is 2. The maximum absolute atomic E-state index is 4.72. The van der Waals surface area contributed by atoms with E-state index in [4.69, 9.17) is 6.58 Å². The van der Waals surface area contributed by atoms with Gasteiger partial charge in [0.2, 0.25) is 0 Å². The Hall–Kier alpha value is -2.78. The molecule has 1 N–H and O–H groups in total. The van der Waals surface area contributed by atoms with Gasteiger partial charge in [-0.3, -0.25) is 0 Å². The van der Waals surface area contributed by atoms with Crippen molar-refractivity contribution in [1.29, 1.82) is 0 Å². The number of hydrogen-bond donors (Lipinski definition) is 1. The molecular weight excluding hydrogens is 546 g/mol. The van der Waals surface area contributed by atoms with Crippen molar-refractivity contribution in [2.75, 3.05) is 6.54 Å². The number of hydrogen-bond acceptors (Lipinski definition) is 3. The highest BCUT2D eigenvalue weighted by molar-refractivity contribution is 5.36. The van der Waals surface area contributed by atoms with Crippen LogP contribution in [0.25, 0.3) is 0 Å². The molecule has 4 atom stereocenters. The highest BCUT2D eigenvalue weighted by atomic mass is 15.5. The summed E-state index contributed by atoms with van der Waals surface area (Å²) in [6.07, 6.45) is 45.2. The summed E-state index contributed by atoms with van der Waals surface area (Å²) in [6, 6.07) is 0.726. The molecule has 0 saturated carbocycles. The quantitative estimate of drug-likeness (QED) is 0.107. The highest BCUT2D eigenvalue weighted by Gasteiger charge is 2.25. The predicted molar refractivity (Wildman–Crippen MR) is 196 cm³/mol. The fraction of sp³-hybridized carbons (Fsp3) is 0.571. The van der Waals surface area contributed by atoms with Crippen LogP contribution in [0, 0.1) is 11.8 Å². The maximum Gasteiger partial charge on any atom is 0.0663 e. The molecule has 0 fully saturated rings. The van der Waals surface area contributed by atoms with E-state index in [-0.39, 0.29) is 6.04 Å². The van der Waals surface area contributed by atoms with E-state index in [1.54, 1.807) is 11.1 Å². The SMILES string of the molecule is C=C[C@@H](C/C=C\C)N(NC[C@H](/C=C\C(=C)N(/C=C(/C1=CCCCC1)[C@@H]1CC=CCC1)C1CC=C(C)CC1)CC)C1=CCCCC1. The Kier molecular flexibility index (Phi) is 14.8. The molecule has 0 aromatic rings. The minimum atomic E-state index is 0.257. The van der Waals surface area contributed by atoms with E-state index >= 15 is 0 Å². The summed E-state index contributed by atoms with van der Waals surface area (Å²) in [5.74, 6) is 1.04. The van der Waals surface area contributed by atoms with Crippen LogP contribution in [-0.2, 0) is 0 Å². The molecule has 1 unspecified atom stereocenters. The first kappa shape index (κ1) is 35.1. The second kappa shape index (κ2) is 19.0.